The van der Waals surface area contributed by atoms with Gasteiger partial charge in [-0.3, -0.25) is 19.1 Å². The van der Waals surface area contributed by atoms with Gasteiger partial charge in [0.1, 0.15) is 4.83 Å². The van der Waals surface area contributed by atoms with E-state index in [4.69, 9.17) is 0 Å². The quantitative estimate of drug-likeness (QED) is 0.495. The number of hydrogen-bond acceptors (Lipinski definition) is 4. The van der Waals surface area contributed by atoms with E-state index < -0.39 is 11.2 Å². The van der Waals surface area contributed by atoms with E-state index in [0.717, 1.165) is 32.4 Å². The molecular weight excluding hydrogens is 396 g/mol. The molecule has 0 atom stereocenters. The van der Waals surface area contributed by atoms with Gasteiger partial charge in [0.05, 0.1) is 11.9 Å². The minimum absolute atomic E-state index is 0.270. The lowest BCUT2D eigenvalue weighted by atomic mass is 10.0. The molecule has 0 spiro atoms. The highest BCUT2D eigenvalue weighted by atomic mass is 32.1. The first-order chi connectivity index (χ1) is 14.3. The van der Waals surface area contributed by atoms with Crippen molar-refractivity contribution in [2.45, 2.75) is 34.2 Å². The zero-order chi connectivity index (χ0) is 21.6. The van der Waals surface area contributed by atoms with Crippen LogP contribution in [0.3, 0.4) is 0 Å². The lowest BCUT2D eigenvalue weighted by Crippen LogP contribution is -2.37. The van der Waals surface area contributed by atoms with Gasteiger partial charge in [0.2, 0.25) is 0 Å². The van der Waals surface area contributed by atoms with Crippen LogP contribution in [0.2, 0.25) is 0 Å². The molecule has 0 aliphatic heterocycles. The maximum atomic E-state index is 13.2. The van der Waals surface area contributed by atoms with Crippen molar-refractivity contribution in [2.24, 2.45) is 0 Å². The third-order valence-electron chi connectivity index (χ3n) is 5.66. The molecule has 0 amide bonds. The predicted octanol–water partition coefficient (Wildman–Crippen LogP) is 4.53. The second kappa shape index (κ2) is 7.54. The number of H-pyrrole nitrogens is 1. The van der Waals surface area contributed by atoms with Crippen LogP contribution >= 0.6 is 11.3 Å². The summed E-state index contributed by atoms with van der Waals surface area (Å²) in [6.07, 6.45) is 0. The fourth-order valence-electron chi connectivity index (χ4n) is 3.47. The Kier molecular flexibility index (Phi) is 5.03. The zero-order valence-corrected chi connectivity index (χ0v) is 18.1. The molecule has 1 N–H and O–H groups in total. The highest BCUT2D eigenvalue weighted by Gasteiger charge is 2.18. The molecule has 6 heteroatoms. The number of hydrogen-bond donors (Lipinski definition) is 1. The van der Waals surface area contributed by atoms with Crippen molar-refractivity contribution in [2.75, 3.05) is 0 Å². The van der Waals surface area contributed by atoms with Gasteiger partial charge in [0.15, 0.2) is 5.78 Å². The first-order valence-corrected chi connectivity index (χ1v) is 10.6. The smallest absolute Gasteiger partial charge is 0.298 e. The number of carbonyl (C=O) groups is 1. The predicted molar refractivity (Wildman–Crippen MR) is 122 cm³/mol. The number of aromatic nitrogens is 2. The van der Waals surface area contributed by atoms with E-state index in [1.54, 1.807) is 12.1 Å². The average Bonchev–Trinajstić information content (AvgIpc) is 3.13. The molecule has 152 valence electrons. The Balaban J connectivity index is 1.82. The van der Waals surface area contributed by atoms with Crippen LogP contribution in [0.5, 0.6) is 0 Å². The molecule has 0 fully saturated rings. The number of Topliss-reactive ketones (excluding diaryl/α,β-unsaturated/α-hetero) is 1. The Hall–Kier alpha value is -3.25. The molecule has 30 heavy (non-hydrogen) atoms. The van der Waals surface area contributed by atoms with Gasteiger partial charge in [-0.2, -0.15) is 0 Å². The Morgan fingerprint density at radius 2 is 1.60 bits per heavy atom. The van der Waals surface area contributed by atoms with Gasteiger partial charge in [-0.1, -0.05) is 30.3 Å². The van der Waals surface area contributed by atoms with Gasteiger partial charge in [-0.05, 0) is 61.6 Å². The molecule has 0 aliphatic rings. The second-order valence-electron chi connectivity index (χ2n) is 7.70. The number of rotatable bonds is 4. The van der Waals surface area contributed by atoms with E-state index in [2.05, 4.69) is 4.98 Å². The minimum atomic E-state index is -0.571. The molecule has 5 nitrogen and oxygen atoms in total. The molecule has 2 aromatic heterocycles. The van der Waals surface area contributed by atoms with Crippen molar-refractivity contribution in [1.82, 2.24) is 9.55 Å². The lowest BCUT2D eigenvalue weighted by molar-refractivity contribution is 0.0969. The molecule has 2 aromatic carbocycles. The fourth-order valence-corrected chi connectivity index (χ4v) is 4.42. The molecule has 2 heterocycles. The van der Waals surface area contributed by atoms with Crippen LogP contribution in [-0.2, 0) is 6.54 Å². The van der Waals surface area contributed by atoms with Crippen molar-refractivity contribution in [1.29, 1.82) is 0 Å². The topological polar surface area (TPSA) is 71.9 Å². The van der Waals surface area contributed by atoms with Crippen molar-refractivity contribution in [3.8, 4) is 11.1 Å². The molecule has 0 saturated heterocycles. The number of benzene rings is 2. The van der Waals surface area contributed by atoms with Crippen LogP contribution in [0.25, 0.3) is 21.3 Å². The SMILES string of the molecule is Cc1ccc(C(=O)Cn2c(=O)[nH]c3scc(-c4ccc(C)c(C)c4)c3c2=O)cc1C. The molecule has 0 aliphatic carbocycles. The number of thiophene rings is 1. The Morgan fingerprint density at radius 3 is 2.27 bits per heavy atom. The van der Waals surface area contributed by atoms with E-state index >= 15 is 0 Å². The average molecular weight is 419 g/mol. The molecule has 4 rings (SSSR count). The van der Waals surface area contributed by atoms with Crippen molar-refractivity contribution >= 4 is 27.3 Å². The monoisotopic (exact) mass is 418 g/mol. The zero-order valence-electron chi connectivity index (χ0n) is 17.3. The summed E-state index contributed by atoms with van der Waals surface area (Å²) in [5.41, 5.74) is 5.53. The molecule has 0 saturated carbocycles. The van der Waals surface area contributed by atoms with Gasteiger partial charge in [0.25, 0.3) is 5.56 Å². The van der Waals surface area contributed by atoms with Crippen LogP contribution in [-0.4, -0.2) is 15.3 Å². The summed E-state index contributed by atoms with van der Waals surface area (Å²) in [6, 6.07) is 11.4. The molecule has 0 unspecified atom stereocenters. The number of aryl methyl sites for hydroxylation is 4. The number of carbonyl (C=O) groups excluding carboxylic acids is 1. The van der Waals surface area contributed by atoms with Gasteiger partial charge in [-0.25, -0.2) is 4.79 Å². The van der Waals surface area contributed by atoms with Gasteiger partial charge >= 0.3 is 5.69 Å². The van der Waals surface area contributed by atoms with E-state index in [0.29, 0.717) is 15.8 Å². The first-order valence-electron chi connectivity index (χ1n) is 9.68. The number of aromatic amines is 1. The number of nitrogens with one attached hydrogen (secondary N) is 1. The summed E-state index contributed by atoms with van der Waals surface area (Å²) >= 11 is 1.32. The van der Waals surface area contributed by atoms with Gasteiger partial charge in [0, 0.05) is 16.5 Å². The van der Waals surface area contributed by atoms with Gasteiger partial charge in [-0.15, -0.1) is 11.3 Å². The van der Waals surface area contributed by atoms with Crippen molar-refractivity contribution < 1.29 is 4.79 Å². The summed E-state index contributed by atoms with van der Waals surface area (Å²) < 4.78 is 0.997. The van der Waals surface area contributed by atoms with Gasteiger partial charge < -0.3 is 0 Å². The number of nitrogens with zero attached hydrogens (tertiary/aromatic N) is 1. The highest BCUT2D eigenvalue weighted by Crippen LogP contribution is 2.31. The van der Waals surface area contributed by atoms with Crippen LogP contribution < -0.4 is 11.2 Å². The Bertz CT molecular complexity index is 1420. The molecular formula is C24H22N2O3S. The maximum Gasteiger partial charge on any atom is 0.329 e. The third-order valence-corrected chi connectivity index (χ3v) is 6.56. The largest absolute Gasteiger partial charge is 0.329 e. The first kappa shape index (κ1) is 20.0. The number of fused-ring (bicyclic) bond motifs is 1. The van der Waals surface area contributed by atoms with E-state index in [9.17, 15) is 14.4 Å². The normalized spacial score (nSPS) is 11.2. The van der Waals surface area contributed by atoms with Crippen LogP contribution in [0.1, 0.15) is 32.6 Å². The van der Waals surface area contributed by atoms with Crippen molar-refractivity contribution in [3.63, 3.8) is 0 Å². The summed E-state index contributed by atoms with van der Waals surface area (Å²) in [5.74, 6) is -0.270. The third kappa shape index (κ3) is 3.44. The highest BCUT2D eigenvalue weighted by molar-refractivity contribution is 7.17. The Labute approximate surface area is 177 Å². The standard InChI is InChI=1S/C24H22N2O3S/c1-13-5-7-17(9-15(13)3)19-12-30-22-21(19)23(28)26(24(29)25-22)11-20(27)18-8-6-14(2)16(4)10-18/h5-10,12H,11H2,1-4H3,(H,25,29). The molecule has 0 radical (unpaired) electrons. The van der Waals surface area contributed by atoms with E-state index in [1.165, 1.54) is 16.9 Å². The second-order valence-corrected chi connectivity index (χ2v) is 8.58. The fraction of sp³-hybridized carbons (Fsp3) is 0.208. The number of ketones is 1. The Morgan fingerprint density at radius 1 is 0.933 bits per heavy atom. The summed E-state index contributed by atoms with van der Waals surface area (Å²) in [5, 5.41) is 2.32. The maximum absolute atomic E-state index is 13.2. The van der Waals surface area contributed by atoms with E-state index in [-0.39, 0.29) is 12.3 Å². The summed E-state index contributed by atoms with van der Waals surface area (Å²) in [6.45, 7) is 7.66. The summed E-state index contributed by atoms with van der Waals surface area (Å²) in [4.78, 5) is 41.9. The minimum Gasteiger partial charge on any atom is -0.298 e. The van der Waals surface area contributed by atoms with Crippen LogP contribution in [0.4, 0.5) is 0 Å². The molecule has 4 aromatic rings. The van der Waals surface area contributed by atoms with Crippen LogP contribution in [0.15, 0.2) is 51.4 Å². The summed E-state index contributed by atoms with van der Waals surface area (Å²) in [7, 11) is 0. The van der Waals surface area contributed by atoms with Crippen molar-refractivity contribution in [3.05, 3.63) is 90.4 Å². The lowest BCUT2D eigenvalue weighted by Gasteiger charge is -2.08. The molecule has 0 bridgehead atoms. The van der Waals surface area contributed by atoms with Crippen LogP contribution in [0, 0.1) is 27.7 Å². The van der Waals surface area contributed by atoms with E-state index in [1.807, 2.05) is 57.3 Å².